The van der Waals surface area contributed by atoms with Gasteiger partial charge in [0.2, 0.25) is 0 Å². The molecule has 0 bridgehead atoms. The zero-order chi connectivity index (χ0) is 9.97. The van der Waals surface area contributed by atoms with Crippen molar-refractivity contribution in [3.8, 4) is 0 Å². The maximum absolute atomic E-state index is 5.75. The van der Waals surface area contributed by atoms with E-state index in [1.807, 2.05) is 0 Å². The maximum atomic E-state index is 5.75. The van der Waals surface area contributed by atoms with Crippen molar-refractivity contribution < 1.29 is 4.74 Å². The first kappa shape index (κ1) is 12.5. The van der Waals surface area contributed by atoms with E-state index in [0.717, 1.165) is 13.2 Å². The molecule has 2 atom stereocenters. The van der Waals surface area contributed by atoms with E-state index in [0.29, 0.717) is 6.04 Å². The van der Waals surface area contributed by atoms with E-state index in [2.05, 4.69) is 43.4 Å². The molecule has 2 rings (SSSR count). The molecule has 1 aliphatic rings. The lowest BCUT2D eigenvalue weighted by atomic mass is 10.0. The first-order valence-electron chi connectivity index (χ1n) is 5.19. The molecule has 2 unspecified atom stereocenters. The summed E-state index contributed by atoms with van der Waals surface area (Å²) in [4.78, 5) is 0. The van der Waals surface area contributed by atoms with Gasteiger partial charge in [-0.1, -0.05) is 29.8 Å². The molecule has 84 valence electrons. The van der Waals surface area contributed by atoms with Crippen LogP contribution in [0.25, 0.3) is 0 Å². The van der Waals surface area contributed by atoms with Gasteiger partial charge in [0.25, 0.3) is 0 Å². The van der Waals surface area contributed by atoms with E-state index >= 15 is 0 Å². The van der Waals surface area contributed by atoms with Crippen LogP contribution in [0.2, 0.25) is 0 Å². The van der Waals surface area contributed by atoms with E-state index in [9.17, 15) is 0 Å². The molecule has 1 aliphatic heterocycles. The van der Waals surface area contributed by atoms with Gasteiger partial charge >= 0.3 is 0 Å². The average molecular weight is 228 g/mol. The molecule has 1 N–H and O–H groups in total. The van der Waals surface area contributed by atoms with Crippen LogP contribution in [0.4, 0.5) is 0 Å². The fraction of sp³-hybridized carbons (Fsp3) is 0.500. The quantitative estimate of drug-likeness (QED) is 0.796. The van der Waals surface area contributed by atoms with Gasteiger partial charge in [-0.05, 0) is 19.4 Å². The summed E-state index contributed by atoms with van der Waals surface area (Å²) in [6.07, 6.45) is 0.212. The van der Waals surface area contributed by atoms with Crippen LogP contribution in [-0.2, 0) is 4.74 Å². The molecule has 0 aliphatic carbocycles. The Morgan fingerprint density at radius 1 is 1.27 bits per heavy atom. The Morgan fingerprint density at radius 2 is 1.93 bits per heavy atom. The lowest BCUT2D eigenvalue weighted by molar-refractivity contribution is -0.000227. The zero-order valence-corrected chi connectivity index (χ0v) is 10.0. The highest BCUT2D eigenvalue weighted by Gasteiger charge is 2.22. The summed E-state index contributed by atoms with van der Waals surface area (Å²) < 4.78 is 5.75. The first-order chi connectivity index (χ1) is 6.77. The number of aryl methyl sites for hydroxylation is 1. The number of ether oxygens (including phenoxy) is 1. The number of morpholine rings is 1. The molecule has 0 radical (unpaired) electrons. The maximum Gasteiger partial charge on any atom is 0.0975 e. The highest BCUT2D eigenvalue weighted by molar-refractivity contribution is 5.85. The molecule has 3 heteroatoms. The Labute approximate surface area is 97.4 Å². The Bertz CT molecular complexity index is 299. The van der Waals surface area contributed by atoms with Crippen molar-refractivity contribution in [2.45, 2.75) is 26.0 Å². The van der Waals surface area contributed by atoms with Crippen molar-refractivity contribution in [3.05, 3.63) is 35.4 Å². The van der Waals surface area contributed by atoms with Crippen molar-refractivity contribution in [1.29, 1.82) is 0 Å². The second-order valence-electron chi connectivity index (χ2n) is 3.94. The summed E-state index contributed by atoms with van der Waals surface area (Å²) in [6, 6.07) is 9.00. The van der Waals surface area contributed by atoms with Crippen molar-refractivity contribution in [1.82, 2.24) is 5.32 Å². The molecule has 0 spiro atoms. The van der Waals surface area contributed by atoms with E-state index < -0.39 is 0 Å². The summed E-state index contributed by atoms with van der Waals surface area (Å²) >= 11 is 0. The van der Waals surface area contributed by atoms with Crippen molar-refractivity contribution in [2.75, 3.05) is 13.2 Å². The minimum atomic E-state index is 0. The summed E-state index contributed by atoms with van der Waals surface area (Å²) in [5, 5.41) is 3.42. The molecule has 0 amide bonds. The number of nitrogens with one attached hydrogen (secondary N) is 1. The van der Waals surface area contributed by atoms with Crippen LogP contribution in [-0.4, -0.2) is 19.2 Å². The van der Waals surface area contributed by atoms with Crippen LogP contribution >= 0.6 is 12.4 Å². The highest BCUT2D eigenvalue weighted by atomic mass is 35.5. The lowest BCUT2D eigenvalue weighted by Gasteiger charge is -2.30. The average Bonchev–Trinajstić information content (AvgIpc) is 2.20. The third kappa shape index (κ3) is 2.94. The molecular weight excluding hydrogens is 210 g/mol. The Morgan fingerprint density at radius 3 is 2.53 bits per heavy atom. The SMILES string of the molecule is Cc1ccc(C2OCCNC2C)cc1.Cl. The van der Waals surface area contributed by atoms with Crippen LogP contribution in [0.5, 0.6) is 0 Å². The van der Waals surface area contributed by atoms with E-state index in [1.54, 1.807) is 0 Å². The molecule has 1 heterocycles. The molecule has 2 nitrogen and oxygen atoms in total. The van der Waals surface area contributed by atoms with Gasteiger partial charge in [-0.3, -0.25) is 0 Å². The van der Waals surface area contributed by atoms with Gasteiger partial charge in [0.1, 0.15) is 0 Å². The minimum absolute atomic E-state index is 0. The summed E-state index contributed by atoms with van der Waals surface area (Å²) in [5.41, 5.74) is 2.57. The number of hydrogen-bond donors (Lipinski definition) is 1. The Balaban J connectivity index is 0.00000112. The second kappa shape index (κ2) is 5.50. The van der Waals surface area contributed by atoms with E-state index in [1.165, 1.54) is 11.1 Å². The molecule has 1 fully saturated rings. The third-order valence-electron chi connectivity index (χ3n) is 2.73. The topological polar surface area (TPSA) is 21.3 Å². The molecule has 0 aromatic heterocycles. The molecular formula is C12H18ClNO. The fourth-order valence-electron chi connectivity index (χ4n) is 1.86. The summed E-state index contributed by atoms with van der Waals surface area (Å²) in [6.45, 7) is 6.04. The zero-order valence-electron chi connectivity index (χ0n) is 9.19. The van der Waals surface area contributed by atoms with Crippen LogP contribution in [0.1, 0.15) is 24.2 Å². The standard InChI is InChI=1S/C12H17NO.ClH/c1-9-3-5-11(6-4-9)12-10(2)13-7-8-14-12;/h3-6,10,12-13H,7-8H2,1-2H3;1H. The van der Waals surface area contributed by atoms with Crippen molar-refractivity contribution in [3.63, 3.8) is 0 Å². The first-order valence-corrected chi connectivity index (χ1v) is 5.19. The molecule has 15 heavy (non-hydrogen) atoms. The summed E-state index contributed by atoms with van der Waals surface area (Å²) in [5.74, 6) is 0. The number of hydrogen-bond acceptors (Lipinski definition) is 2. The van der Waals surface area contributed by atoms with Gasteiger partial charge in [0, 0.05) is 12.6 Å². The third-order valence-corrected chi connectivity index (χ3v) is 2.73. The number of rotatable bonds is 1. The van der Waals surface area contributed by atoms with E-state index in [4.69, 9.17) is 4.74 Å². The van der Waals surface area contributed by atoms with Gasteiger partial charge in [-0.2, -0.15) is 0 Å². The van der Waals surface area contributed by atoms with Gasteiger partial charge in [-0.15, -0.1) is 12.4 Å². The largest absolute Gasteiger partial charge is 0.371 e. The number of benzene rings is 1. The van der Waals surface area contributed by atoms with Gasteiger partial charge in [-0.25, -0.2) is 0 Å². The van der Waals surface area contributed by atoms with Crippen LogP contribution in [0.3, 0.4) is 0 Å². The lowest BCUT2D eigenvalue weighted by Crippen LogP contribution is -2.41. The van der Waals surface area contributed by atoms with Gasteiger partial charge in [0.05, 0.1) is 12.7 Å². The molecule has 1 saturated heterocycles. The van der Waals surface area contributed by atoms with Crippen LogP contribution in [0, 0.1) is 6.92 Å². The summed E-state index contributed by atoms with van der Waals surface area (Å²) in [7, 11) is 0. The minimum Gasteiger partial charge on any atom is -0.371 e. The van der Waals surface area contributed by atoms with Gasteiger partial charge in [0.15, 0.2) is 0 Å². The second-order valence-corrected chi connectivity index (χ2v) is 3.94. The van der Waals surface area contributed by atoms with Gasteiger partial charge < -0.3 is 10.1 Å². The Kier molecular flexibility index (Phi) is 4.58. The molecule has 0 saturated carbocycles. The monoisotopic (exact) mass is 227 g/mol. The smallest absolute Gasteiger partial charge is 0.0975 e. The van der Waals surface area contributed by atoms with Crippen molar-refractivity contribution >= 4 is 12.4 Å². The highest BCUT2D eigenvalue weighted by Crippen LogP contribution is 2.23. The van der Waals surface area contributed by atoms with Crippen molar-refractivity contribution in [2.24, 2.45) is 0 Å². The predicted molar refractivity (Wildman–Crippen MR) is 64.6 cm³/mol. The normalized spacial score (nSPS) is 25.7. The number of halogens is 1. The molecule has 1 aromatic rings. The fourth-order valence-corrected chi connectivity index (χ4v) is 1.86. The Hall–Kier alpha value is -0.570. The van der Waals surface area contributed by atoms with Crippen LogP contribution in [0.15, 0.2) is 24.3 Å². The predicted octanol–water partition coefficient (Wildman–Crippen LogP) is 2.47. The molecule has 1 aromatic carbocycles. The van der Waals surface area contributed by atoms with E-state index in [-0.39, 0.29) is 18.5 Å². The van der Waals surface area contributed by atoms with Crippen LogP contribution < -0.4 is 5.32 Å².